The summed E-state index contributed by atoms with van der Waals surface area (Å²) in [4.78, 5) is 0.158. The maximum absolute atomic E-state index is 12.2. The summed E-state index contributed by atoms with van der Waals surface area (Å²) in [6.07, 6.45) is 0.661. The number of rotatable bonds is 5. The standard InChI is InChI=1S/C11H13ClN2O2S/c1-2-8-14(9-7-13)17(15,16)11-5-3-10(12)4-6-11/h3-6H,2,8-9H2,1H3. The van der Waals surface area contributed by atoms with Gasteiger partial charge in [0.05, 0.1) is 11.0 Å². The molecule has 0 N–H and O–H groups in total. The predicted molar refractivity (Wildman–Crippen MR) is 66.1 cm³/mol. The molecule has 1 aromatic carbocycles. The van der Waals surface area contributed by atoms with Crippen LogP contribution in [0.5, 0.6) is 0 Å². The van der Waals surface area contributed by atoms with Crippen molar-refractivity contribution >= 4 is 21.6 Å². The molecule has 0 unspecified atom stereocenters. The van der Waals surface area contributed by atoms with Crippen LogP contribution in [0.15, 0.2) is 29.2 Å². The fourth-order valence-corrected chi connectivity index (χ4v) is 2.92. The van der Waals surface area contributed by atoms with E-state index in [2.05, 4.69) is 0 Å². The average Bonchev–Trinajstić information content (AvgIpc) is 2.29. The zero-order chi connectivity index (χ0) is 12.9. The molecular formula is C11H13ClN2O2S. The van der Waals surface area contributed by atoms with Crippen LogP contribution in [-0.2, 0) is 10.0 Å². The number of hydrogen-bond acceptors (Lipinski definition) is 3. The molecule has 0 aromatic heterocycles. The Morgan fingerprint density at radius 1 is 1.35 bits per heavy atom. The number of nitrogens with zero attached hydrogens (tertiary/aromatic N) is 2. The van der Waals surface area contributed by atoms with Gasteiger partial charge in [-0.05, 0) is 30.7 Å². The zero-order valence-corrected chi connectivity index (χ0v) is 11.0. The lowest BCUT2D eigenvalue weighted by molar-refractivity contribution is 0.444. The molecule has 1 aromatic rings. The van der Waals surface area contributed by atoms with Crippen molar-refractivity contribution in [2.24, 2.45) is 0 Å². The van der Waals surface area contributed by atoms with E-state index in [4.69, 9.17) is 16.9 Å². The summed E-state index contributed by atoms with van der Waals surface area (Å²) in [5, 5.41) is 9.12. The maximum atomic E-state index is 12.2. The molecule has 92 valence electrons. The van der Waals surface area contributed by atoms with Gasteiger partial charge in [-0.3, -0.25) is 0 Å². The summed E-state index contributed by atoms with van der Waals surface area (Å²) < 4.78 is 25.5. The Balaban J connectivity index is 3.08. The quantitative estimate of drug-likeness (QED) is 0.773. The molecule has 0 aliphatic heterocycles. The number of hydrogen-bond donors (Lipinski definition) is 0. The number of nitriles is 1. The van der Waals surface area contributed by atoms with Crippen molar-refractivity contribution in [1.29, 1.82) is 5.26 Å². The average molecular weight is 273 g/mol. The third-order valence-corrected chi connectivity index (χ3v) is 4.28. The van der Waals surface area contributed by atoms with Crippen molar-refractivity contribution in [2.75, 3.05) is 13.1 Å². The third-order valence-electron chi connectivity index (χ3n) is 2.17. The van der Waals surface area contributed by atoms with Crippen molar-refractivity contribution < 1.29 is 8.42 Å². The van der Waals surface area contributed by atoms with Gasteiger partial charge in [0.15, 0.2) is 0 Å². The van der Waals surface area contributed by atoms with E-state index in [1.165, 1.54) is 24.3 Å². The van der Waals surface area contributed by atoms with Crippen LogP contribution < -0.4 is 0 Å². The van der Waals surface area contributed by atoms with Crippen LogP contribution in [0.25, 0.3) is 0 Å². The summed E-state index contributed by atoms with van der Waals surface area (Å²) in [5.74, 6) is 0. The molecule has 0 aliphatic rings. The van der Waals surface area contributed by atoms with Gasteiger partial charge in [0.25, 0.3) is 0 Å². The smallest absolute Gasteiger partial charge is 0.207 e. The van der Waals surface area contributed by atoms with Crippen molar-refractivity contribution in [3.8, 4) is 6.07 Å². The van der Waals surface area contributed by atoms with Crippen LogP contribution in [0, 0.1) is 11.3 Å². The molecule has 0 aliphatic carbocycles. The first kappa shape index (κ1) is 14.0. The fraction of sp³-hybridized carbons (Fsp3) is 0.364. The molecule has 17 heavy (non-hydrogen) atoms. The predicted octanol–water partition coefficient (Wildman–Crippen LogP) is 2.26. The molecule has 0 saturated heterocycles. The maximum Gasteiger partial charge on any atom is 0.244 e. The van der Waals surface area contributed by atoms with Crippen molar-refractivity contribution in [3.63, 3.8) is 0 Å². The summed E-state index contributed by atoms with van der Waals surface area (Å²) in [5.41, 5.74) is 0. The molecule has 0 fully saturated rings. The Bertz CT molecular complexity index is 505. The van der Waals surface area contributed by atoms with E-state index in [1.807, 2.05) is 13.0 Å². The van der Waals surface area contributed by atoms with Crippen LogP contribution in [0.4, 0.5) is 0 Å². The number of benzene rings is 1. The van der Waals surface area contributed by atoms with E-state index in [-0.39, 0.29) is 11.4 Å². The largest absolute Gasteiger partial charge is 0.244 e. The van der Waals surface area contributed by atoms with Gasteiger partial charge in [0.1, 0.15) is 6.54 Å². The lowest BCUT2D eigenvalue weighted by Gasteiger charge is -2.18. The lowest BCUT2D eigenvalue weighted by Crippen LogP contribution is -2.32. The van der Waals surface area contributed by atoms with E-state index >= 15 is 0 Å². The minimum Gasteiger partial charge on any atom is -0.207 e. The van der Waals surface area contributed by atoms with Crippen molar-refractivity contribution in [3.05, 3.63) is 29.3 Å². The van der Waals surface area contributed by atoms with Gasteiger partial charge in [-0.1, -0.05) is 18.5 Å². The molecule has 0 amide bonds. The Labute approximate surface area is 106 Å². The second-order valence-corrected chi connectivity index (χ2v) is 5.82. The summed E-state index contributed by atoms with van der Waals surface area (Å²) >= 11 is 5.70. The minimum atomic E-state index is -3.59. The van der Waals surface area contributed by atoms with Gasteiger partial charge < -0.3 is 0 Å². The molecule has 0 bridgehead atoms. The van der Waals surface area contributed by atoms with E-state index in [0.29, 0.717) is 18.0 Å². The van der Waals surface area contributed by atoms with Crippen LogP contribution in [-0.4, -0.2) is 25.8 Å². The van der Waals surface area contributed by atoms with Crippen molar-refractivity contribution in [2.45, 2.75) is 18.2 Å². The van der Waals surface area contributed by atoms with Gasteiger partial charge >= 0.3 is 0 Å². The molecular weight excluding hydrogens is 260 g/mol. The fourth-order valence-electron chi connectivity index (χ4n) is 1.37. The third kappa shape index (κ3) is 3.43. The van der Waals surface area contributed by atoms with Crippen LogP contribution >= 0.6 is 11.6 Å². The normalized spacial score (nSPS) is 11.4. The first-order valence-corrected chi connectivity index (χ1v) is 6.97. The Morgan fingerprint density at radius 3 is 2.41 bits per heavy atom. The highest BCUT2D eigenvalue weighted by Crippen LogP contribution is 2.18. The molecule has 1 rings (SSSR count). The van der Waals surface area contributed by atoms with Gasteiger partial charge in [0, 0.05) is 11.6 Å². The minimum absolute atomic E-state index is 0.140. The highest BCUT2D eigenvalue weighted by Gasteiger charge is 2.23. The molecule has 0 saturated carbocycles. The molecule has 0 heterocycles. The second-order valence-electron chi connectivity index (χ2n) is 3.45. The van der Waals surface area contributed by atoms with E-state index in [0.717, 1.165) is 4.31 Å². The molecule has 0 spiro atoms. The molecule has 0 atom stereocenters. The summed E-state index contributed by atoms with van der Waals surface area (Å²) in [7, 11) is -3.59. The van der Waals surface area contributed by atoms with E-state index < -0.39 is 10.0 Å². The highest BCUT2D eigenvalue weighted by atomic mass is 35.5. The SMILES string of the molecule is CCCN(CC#N)S(=O)(=O)c1ccc(Cl)cc1. The first-order valence-electron chi connectivity index (χ1n) is 5.15. The van der Waals surface area contributed by atoms with Gasteiger partial charge in [0.2, 0.25) is 10.0 Å². The summed E-state index contributed by atoms with van der Waals surface area (Å²) in [6.45, 7) is 2.05. The molecule has 4 nitrogen and oxygen atoms in total. The van der Waals surface area contributed by atoms with Gasteiger partial charge in [-0.25, -0.2) is 8.42 Å². The van der Waals surface area contributed by atoms with E-state index in [9.17, 15) is 8.42 Å². The molecule has 6 heteroatoms. The zero-order valence-electron chi connectivity index (χ0n) is 9.43. The van der Waals surface area contributed by atoms with Crippen LogP contribution in [0.3, 0.4) is 0 Å². The van der Waals surface area contributed by atoms with Crippen LogP contribution in [0.1, 0.15) is 13.3 Å². The second kappa shape index (κ2) is 6.01. The Morgan fingerprint density at radius 2 is 1.94 bits per heavy atom. The highest BCUT2D eigenvalue weighted by molar-refractivity contribution is 7.89. The van der Waals surface area contributed by atoms with Gasteiger partial charge in [-0.2, -0.15) is 9.57 Å². The topological polar surface area (TPSA) is 61.2 Å². The van der Waals surface area contributed by atoms with Crippen LogP contribution in [0.2, 0.25) is 5.02 Å². The number of sulfonamides is 1. The van der Waals surface area contributed by atoms with E-state index in [1.54, 1.807) is 0 Å². The van der Waals surface area contributed by atoms with Crippen molar-refractivity contribution in [1.82, 2.24) is 4.31 Å². The Hall–Kier alpha value is -1.09. The first-order chi connectivity index (χ1) is 8.02. The Kier molecular flexibility index (Phi) is 4.94. The summed E-state index contributed by atoms with van der Waals surface area (Å²) in [6, 6.07) is 7.78. The monoisotopic (exact) mass is 272 g/mol. The van der Waals surface area contributed by atoms with Gasteiger partial charge in [-0.15, -0.1) is 0 Å². The molecule has 0 radical (unpaired) electrons. The lowest BCUT2D eigenvalue weighted by atomic mass is 10.4. The number of halogens is 1.